The quantitative estimate of drug-likeness (QED) is 0.0325. The Morgan fingerprint density at radius 3 is 1.45 bits per heavy atom. The first kappa shape index (κ1) is 47.2. The molecule has 0 heterocycles. The zero-order chi connectivity index (χ0) is 41.9. The summed E-state index contributed by atoms with van der Waals surface area (Å²) in [4.78, 5) is 17.3. The van der Waals surface area contributed by atoms with Crippen LogP contribution in [0.25, 0.3) is 20.9 Å². The molecule has 0 bridgehead atoms. The van der Waals surface area contributed by atoms with E-state index in [-0.39, 0.29) is 15.4 Å². The van der Waals surface area contributed by atoms with Gasteiger partial charge in [0.25, 0.3) is 20.0 Å². The highest BCUT2D eigenvalue weighted by Gasteiger charge is 2.31. The predicted octanol–water partition coefficient (Wildman–Crippen LogP) is 9.66. The zero-order valence-corrected chi connectivity index (χ0v) is 34.8. The summed E-state index contributed by atoms with van der Waals surface area (Å²) >= 11 is 0. The van der Waals surface area contributed by atoms with Crippen LogP contribution in [0.1, 0.15) is 38.8 Å². The van der Waals surface area contributed by atoms with Gasteiger partial charge in [-0.25, -0.2) is 16.8 Å². The number of nitrogens with two attached hydrogens (primary N) is 1. The molecule has 0 atom stereocenters. The summed E-state index contributed by atoms with van der Waals surface area (Å²) in [5, 5.41) is 13.8. The number of rotatable bonds is 11. The molecule has 4 rings (SSSR count). The Labute approximate surface area is 324 Å². The molecule has 4 N–H and O–H groups in total. The molecule has 4 aromatic rings. The highest BCUT2D eigenvalue weighted by atomic mass is 32.2. The lowest BCUT2D eigenvalue weighted by Gasteiger charge is -2.34. The third kappa shape index (κ3) is 18.7. The van der Waals surface area contributed by atoms with Gasteiger partial charge >= 0.3 is 0 Å². The minimum absolute atomic E-state index is 0.197. The standard InChI is InChI=1S/C13H12N4O2S.C13H14N2O2S.C7H18N4O2Si.C2H3N/c1-10-2-8-13(9-3-10)20(18,19)16-12-6-4-11(5-7-12)15-17-14;1-10-2-8-13(9-3-10)18(16,17)15-12-6-4-11(14)5-7-12;1-7(2,3)12-11(13-10-9-8)14(4,5)6;1-2-3/h2-9,16H,1H3;2-9,15H,14H2,1H3;1-6H3;1H3. The van der Waals surface area contributed by atoms with Crippen LogP contribution in [0.2, 0.25) is 19.6 Å². The lowest BCUT2D eigenvalue weighted by atomic mass is 10.2. The van der Waals surface area contributed by atoms with Crippen LogP contribution in [-0.4, -0.2) is 35.6 Å². The van der Waals surface area contributed by atoms with Crippen molar-refractivity contribution in [3.05, 3.63) is 129 Å². The van der Waals surface area contributed by atoms with E-state index in [4.69, 9.17) is 31.8 Å². The van der Waals surface area contributed by atoms with Crippen LogP contribution >= 0.6 is 0 Å². The van der Waals surface area contributed by atoms with Crippen molar-refractivity contribution in [3.8, 4) is 6.07 Å². The highest BCUT2D eigenvalue weighted by molar-refractivity contribution is 7.93. The molecule has 0 aliphatic carbocycles. The molecule has 0 unspecified atom stereocenters. The van der Waals surface area contributed by atoms with Crippen LogP contribution in [-0.2, 0) is 29.8 Å². The van der Waals surface area contributed by atoms with Gasteiger partial charge in [-0.15, -0.1) is 0 Å². The number of azide groups is 2. The van der Waals surface area contributed by atoms with Crippen LogP contribution in [0.15, 0.2) is 117 Å². The SMILES string of the molecule is CC#N.CC(C)(C)ON(ON=[N+]=[N-])[Si](C)(C)C.Cc1ccc(S(=O)(=O)Nc2ccc(N)cc2)cc1.Cc1ccc(S(=O)(=O)Nc2ccc(N=[N+]=[N-])cc2)cc1. The van der Waals surface area contributed by atoms with Crippen molar-refractivity contribution in [3.63, 3.8) is 0 Å². The molecular weight excluding hydrogens is 763 g/mol. The number of aryl methyl sites for hydroxylation is 2. The Morgan fingerprint density at radius 2 is 1.13 bits per heavy atom. The molecule has 0 saturated carbocycles. The van der Waals surface area contributed by atoms with Crippen molar-refractivity contribution in [2.24, 2.45) is 10.4 Å². The minimum atomic E-state index is -3.61. The van der Waals surface area contributed by atoms with Gasteiger partial charge in [-0.05, 0) is 111 Å². The van der Waals surface area contributed by atoms with Crippen LogP contribution in [0.4, 0.5) is 22.7 Å². The van der Waals surface area contributed by atoms with Gasteiger partial charge in [-0.3, -0.25) is 14.3 Å². The van der Waals surface area contributed by atoms with Gasteiger partial charge in [0.05, 0.1) is 21.5 Å². The first-order valence-corrected chi connectivity index (χ1v) is 22.7. The summed E-state index contributed by atoms with van der Waals surface area (Å²) in [6.07, 6.45) is 0. The Balaban J connectivity index is 0.000000404. The number of benzene rings is 4. The monoisotopic (exact) mass is 809 g/mol. The normalized spacial score (nSPS) is 10.9. The maximum Gasteiger partial charge on any atom is 0.261 e. The summed E-state index contributed by atoms with van der Waals surface area (Å²) in [7, 11) is -8.95. The fourth-order valence-corrected chi connectivity index (χ4v) is 6.58. The lowest BCUT2D eigenvalue weighted by molar-refractivity contribution is -0.353. The van der Waals surface area contributed by atoms with Crippen molar-refractivity contribution in [1.29, 1.82) is 5.26 Å². The van der Waals surface area contributed by atoms with Crippen LogP contribution < -0.4 is 15.2 Å². The number of hydrogen-bond acceptors (Lipinski definition) is 11. The van der Waals surface area contributed by atoms with Crippen molar-refractivity contribution in [1.82, 2.24) is 4.89 Å². The van der Waals surface area contributed by atoms with Gasteiger partial charge in [0, 0.05) is 39.5 Å². The Hall–Kier alpha value is -5.77. The Kier molecular flexibility index (Phi) is 18.7. The molecule has 4 aromatic carbocycles. The largest absolute Gasteiger partial charge is 0.399 e. The summed E-state index contributed by atoms with van der Waals surface area (Å²) in [6, 6.07) is 27.7. The number of hydrogen-bond donors (Lipinski definition) is 3. The molecule has 0 radical (unpaired) electrons. The van der Waals surface area contributed by atoms with E-state index < -0.39 is 28.3 Å². The van der Waals surface area contributed by atoms with Crippen LogP contribution in [0.3, 0.4) is 0 Å². The third-order valence-corrected chi connectivity index (χ3v) is 10.2. The van der Waals surface area contributed by atoms with Gasteiger partial charge in [0.15, 0.2) is 0 Å². The molecule has 0 amide bonds. The summed E-state index contributed by atoms with van der Waals surface area (Å²) in [5.74, 6) is 0. The maximum atomic E-state index is 12.1. The second kappa shape index (κ2) is 21.8. The smallest absolute Gasteiger partial charge is 0.261 e. The fourth-order valence-electron chi connectivity index (χ4n) is 3.64. The zero-order valence-electron chi connectivity index (χ0n) is 32.2. The first-order valence-electron chi connectivity index (χ1n) is 16.3. The van der Waals surface area contributed by atoms with Gasteiger partial charge in [-0.2, -0.15) is 5.26 Å². The molecule has 17 nitrogen and oxygen atoms in total. The van der Waals surface area contributed by atoms with Crippen molar-refractivity contribution in [2.75, 3.05) is 15.2 Å². The Bertz CT molecular complexity index is 2160. The van der Waals surface area contributed by atoms with Crippen molar-refractivity contribution < 1.29 is 26.6 Å². The third-order valence-electron chi connectivity index (χ3n) is 6.16. The summed E-state index contributed by atoms with van der Waals surface area (Å²) in [6.45, 7) is 17.0. The van der Waals surface area contributed by atoms with E-state index in [1.807, 2.05) is 54.3 Å². The van der Waals surface area contributed by atoms with Crippen LogP contribution in [0, 0.1) is 25.2 Å². The second-order valence-electron chi connectivity index (χ2n) is 13.3. The van der Waals surface area contributed by atoms with E-state index in [1.54, 1.807) is 78.9 Å². The fraction of sp³-hybridized carbons (Fsp3) is 0.286. The predicted molar refractivity (Wildman–Crippen MR) is 218 cm³/mol. The highest BCUT2D eigenvalue weighted by Crippen LogP contribution is 2.21. The van der Waals surface area contributed by atoms with Crippen LogP contribution in [0.5, 0.6) is 0 Å². The average Bonchev–Trinajstić information content (AvgIpc) is 3.09. The molecule has 55 heavy (non-hydrogen) atoms. The Morgan fingerprint density at radius 1 is 0.745 bits per heavy atom. The molecule has 0 fully saturated rings. The van der Waals surface area contributed by atoms with Crippen molar-refractivity contribution >= 4 is 51.0 Å². The topological polar surface area (TPSA) is 261 Å². The van der Waals surface area contributed by atoms with E-state index in [2.05, 4.69) is 29.7 Å². The summed E-state index contributed by atoms with van der Waals surface area (Å²) < 4.78 is 53.3. The number of nitrogens with zero attached hydrogens (tertiary/aromatic N) is 8. The second-order valence-corrected chi connectivity index (χ2v) is 21.4. The number of nitriles is 1. The molecular formula is C35H47N11O6S2Si. The average molecular weight is 810 g/mol. The summed E-state index contributed by atoms with van der Waals surface area (Å²) in [5.41, 5.74) is 25.5. The molecule has 0 spiro atoms. The van der Waals surface area contributed by atoms with E-state index >= 15 is 0 Å². The molecule has 20 heteroatoms. The number of nitrogens with one attached hydrogen (secondary N) is 2. The van der Waals surface area contributed by atoms with Gasteiger partial charge in [0.2, 0.25) is 8.24 Å². The molecule has 0 saturated heterocycles. The van der Waals surface area contributed by atoms with E-state index in [0.29, 0.717) is 22.7 Å². The molecule has 294 valence electrons. The van der Waals surface area contributed by atoms with E-state index in [1.165, 1.54) is 36.1 Å². The lowest BCUT2D eigenvalue weighted by Crippen LogP contribution is -2.48. The van der Waals surface area contributed by atoms with Gasteiger partial charge < -0.3 is 10.7 Å². The minimum Gasteiger partial charge on any atom is -0.399 e. The van der Waals surface area contributed by atoms with E-state index in [0.717, 1.165) is 11.1 Å². The molecule has 0 aromatic heterocycles. The van der Waals surface area contributed by atoms with Gasteiger partial charge in [-0.1, -0.05) is 72.3 Å². The molecule has 0 aliphatic rings. The number of nitrogen functional groups attached to an aromatic ring is 1. The number of anilines is 3. The van der Waals surface area contributed by atoms with Gasteiger partial charge in [0.1, 0.15) is 5.28 Å². The number of sulfonamides is 2. The maximum absolute atomic E-state index is 12.1. The first-order chi connectivity index (χ1) is 25.6. The molecule has 0 aliphatic heterocycles. The van der Waals surface area contributed by atoms with Crippen molar-refractivity contribution in [2.45, 2.75) is 76.6 Å². The van der Waals surface area contributed by atoms with E-state index in [9.17, 15) is 16.8 Å².